The number of carbonyl (C=O) groups is 1. The van der Waals surface area contributed by atoms with Gasteiger partial charge in [0.15, 0.2) is 9.84 Å². The molecule has 0 aromatic carbocycles. The van der Waals surface area contributed by atoms with Crippen LogP contribution in [-0.2, 0) is 15.3 Å². The molecule has 0 N–H and O–H groups in total. The number of sulfone groups is 1. The summed E-state index contributed by atoms with van der Waals surface area (Å²) in [7, 11) is -3.05. The van der Waals surface area contributed by atoms with E-state index in [1.54, 1.807) is 6.92 Å². The standard InChI is InChI=1S/C9H12N2O4S/c1-9(3-2-4-16(13,14)6-9)8-11-10-7(5-12)15-8/h5H,2-4,6H2,1H3. The third-order valence-corrected chi connectivity index (χ3v) is 4.77. The Morgan fingerprint density at radius 3 is 2.75 bits per heavy atom. The lowest BCUT2D eigenvalue weighted by Crippen LogP contribution is -2.37. The van der Waals surface area contributed by atoms with E-state index >= 15 is 0 Å². The molecule has 1 aromatic rings. The van der Waals surface area contributed by atoms with Gasteiger partial charge in [-0.1, -0.05) is 0 Å². The lowest BCUT2D eigenvalue weighted by molar-refractivity contribution is 0.109. The molecule has 0 spiro atoms. The maximum atomic E-state index is 11.6. The minimum absolute atomic E-state index is 0.000487. The van der Waals surface area contributed by atoms with Crippen molar-refractivity contribution in [1.29, 1.82) is 0 Å². The summed E-state index contributed by atoms with van der Waals surface area (Å²) < 4.78 is 28.2. The number of nitrogens with zero attached hydrogens (tertiary/aromatic N) is 2. The van der Waals surface area contributed by atoms with Gasteiger partial charge in [-0.25, -0.2) is 8.42 Å². The molecular formula is C9H12N2O4S. The molecule has 7 heteroatoms. The Kier molecular flexibility index (Phi) is 2.57. The number of hydrogen-bond donors (Lipinski definition) is 0. The first-order chi connectivity index (χ1) is 7.45. The van der Waals surface area contributed by atoms with E-state index in [1.165, 1.54) is 0 Å². The molecular weight excluding hydrogens is 232 g/mol. The van der Waals surface area contributed by atoms with Crippen molar-refractivity contribution < 1.29 is 17.6 Å². The third kappa shape index (κ3) is 1.99. The molecule has 2 heterocycles. The molecule has 1 unspecified atom stereocenters. The SMILES string of the molecule is CC1(c2nnc(C=O)o2)CCCS(=O)(=O)C1. The molecule has 1 atom stereocenters. The average molecular weight is 244 g/mol. The summed E-state index contributed by atoms with van der Waals surface area (Å²) in [5.41, 5.74) is -0.661. The molecule has 0 amide bonds. The van der Waals surface area contributed by atoms with Crippen LogP contribution < -0.4 is 0 Å². The van der Waals surface area contributed by atoms with Gasteiger partial charge in [-0.05, 0) is 19.8 Å². The molecule has 0 aliphatic carbocycles. The zero-order valence-corrected chi connectivity index (χ0v) is 9.66. The summed E-state index contributed by atoms with van der Waals surface area (Å²) >= 11 is 0. The van der Waals surface area contributed by atoms with Crippen molar-refractivity contribution in [2.45, 2.75) is 25.2 Å². The number of rotatable bonds is 2. The lowest BCUT2D eigenvalue weighted by Gasteiger charge is -2.29. The Morgan fingerprint density at radius 2 is 2.19 bits per heavy atom. The molecule has 16 heavy (non-hydrogen) atoms. The molecule has 0 saturated carbocycles. The second-order valence-corrected chi connectivity index (χ2v) is 6.50. The van der Waals surface area contributed by atoms with Crippen molar-refractivity contribution in [3.05, 3.63) is 11.8 Å². The van der Waals surface area contributed by atoms with Crippen LogP contribution >= 0.6 is 0 Å². The van der Waals surface area contributed by atoms with E-state index in [0.717, 1.165) is 0 Å². The van der Waals surface area contributed by atoms with E-state index in [4.69, 9.17) is 4.42 Å². The average Bonchev–Trinajstić information content (AvgIpc) is 2.64. The summed E-state index contributed by atoms with van der Waals surface area (Å²) in [6, 6.07) is 0. The minimum atomic E-state index is -3.05. The fraction of sp³-hybridized carbons (Fsp3) is 0.667. The summed E-state index contributed by atoms with van der Waals surface area (Å²) in [4.78, 5) is 10.4. The number of aldehydes is 1. The van der Waals surface area contributed by atoms with Gasteiger partial charge < -0.3 is 4.42 Å². The second kappa shape index (κ2) is 3.65. The van der Waals surface area contributed by atoms with Crippen LogP contribution in [0.3, 0.4) is 0 Å². The normalized spacial score (nSPS) is 28.8. The maximum Gasteiger partial charge on any atom is 0.280 e. The predicted molar refractivity (Wildman–Crippen MR) is 54.9 cm³/mol. The summed E-state index contributed by atoms with van der Waals surface area (Å²) in [5.74, 6) is 0.328. The van der Waals surface area contributed by atoms with Gasteiger partial charge in [0.1, 0.15) is 0 Å². The monoisotopic (exact) mass is 244 g/mol. The molecule has 1 aliphatic rings. The highest BCUT2D eigenvalue weighted by atomic mass is 32.2. The first kappa shape index (κ1) is 11.3. The van der Waals surface area contributed by atoms with Gasteiger partial charge in [-0.2, -0.15) is 0 Å². The second-order valence-electron chi connectivity index (χ2n) is 4.32. The highest BCUT2D eigenvalue weighted by molar-refractivity contribution is 7.91. The molecule has 1 saturated heterocycles. The summed E-state index contributed by atoms with van der Waals surface area (Å²) in [5, 5.41) is 7.26. The summed E-state index contributed by atoms with van der Waals surface area (Å²) in [6.07, 6.45) is 1.71. The van der Waals surface area contributed by atoms with Crippen molar-refractivity contribution in [2.24, 2.45) is 0 Å². The number of aromatic nitrogens is 2. The van der Waals surface area contributed by atoms with Crippen LogP contribution in [0.4, 0.5) is 0 Å². The van der Waals surface area contributed by atoms with Gasteiger partial charge in [0, 0.05) is 0 Å². The van der Waals surface area contributed by atoms with Crippen molar-refractivity contribution in [2.75, 3.05) is 11.5 Å². The van der Waals surface area contributed by atoms with Crippen molar-refractivity contribution in [3.63, 3.8) is 0 Å². The lowest BCUT2D eigenvalue weighted by atomic mass is 9.87. The fourth-order valence-corrected chi connectivity index (χ4v) is 3.97. The Hall–Kier alpha value is -1.24. The van der Waals surface area contributed by atoms with Crippen LogP contribution in [0.25, 0.3) is 0 Å². The highest BCUT2D eigenvalue weighted by Gasteiger charge is 2.40. The van der Waals surface area contributed by atoms with E-state index < -0.39 is 15.3 Å². The smallest absolute Gasteiger partial charge is 0.280 e. The van der Waals surface area contributed by atoms with Crippen molar-refractivity contribution in [1.82, 2.24) is 10.2 Å². The van der Waals surface area contributed by atoms with Crippen LogP contribution in [0.5, 0.6) is 0 Å². The highest BCUT2D eigenvalue weighted by Crippen LogP contribution is 2.33. The van der Waals surface area contributed by atoms with Gasteiger partial charge in [0.2, 0.25) is 12.2 Å². The van der Waals surface area contributed by atoms with Crippen molar-refractivity contribution in [3.8, 4) is 0 Å². The Balaban J connectivity index is 2.34. The largest absolute Gasteiger partial charge is 0.418 e. The van der Waals surface area contributed by atoms with Crippen LogP contribution in [-0.4, -0.2) is 36.4 Å². The topological polar surface area (TPSA) is 90.1 Å². The maximum absolute atomic E-state index is 11.6. The molecule has 88 valence electrons. The van der Waals surface area contributed by atoms with E-state index in [0.29, 0.717) is 19.1 Å². The van der Waals surface area contributed by atoms with E-state index in [1.807, 2.05) is 0 Å². The molecule has 1 aromatic heterocycles. The van der Waals surface area contributed by atoms with Crippen LogP contribution in [0.1, 0.15) is 36.3 Å². The predicted octanol–water partition coefficient (Wildman–Crippen LogP) is 0.348. The Labute approximate surface area is 93.0 Å². The molecule has 1 fully saturated rings. The summed E-state index contributed by atoms with van der Waals surface area (Å²) in [6.45, 7) is 1.77. The fourth-order valence-electron chi connectivity index (χ4n) is 2.01. The zero-order chi connectivity index (χ0) is 11.8. The molecule has 0 radical (unpaired) electrons. The number of carbonyl (C=O) groups excluding carboxylic acids is 1. The first-order valence-corrected chi connectivity index (χ1v) is 6.77. The van der Waals surface area contributed by atoms with Gasteiger partial charge in [-0.3, -0.25) is 4.79 Å². The van der Waals surface area contributed by atoms with Crippen molar-refractivity contribution >= 4 is 16.1 Å². The zero-order valence-electron chi connectivity index (χ0n) is 8.84. The number of hydrogen-bond acceptors (Lipinski definition) is 6. The van der Waals surface area contributed by atoms with Gasteiger partial charge in [0.25, 0.3) is 5.89 Å². The van der Waals surface area contributed by atoms with Crippen LogP contribution in [0.2, 0.25) is 0 Å². The van der Waals surface area contributed by atoms with Crippen LogP contribution in [0, 0.1) is 0 Å². The molecule has 0 bridgehead atoms. The van der Waals surface area contributed by atoms with E-state index in [9.17, 15) is 13.2 Å². The Bertz CT molecular complexity index is 507. The quantitative estimate of drug-likeness (QED) is 0.697. The van der Waals surface area contributed by atoms with Gasteiger partial charge in [-0.15, -0.1) is 10.2 Å². The van der Waals surface area contributed by atoms with E-state index in [2.05, 4.69) is 10.2 Å². The molecule has 6 nitrogen and oxygen atoms in total. The Morgan fingerprint density at radius 1 is 1.44 bits per heavy atom. The minimum Gasteiger partial charge on any atom is -0.418 e. The third-order valence-electron chi connectivity index (χ3n) is 2.78. The first-order valence-electron chi connectivity index (χ1n) is 4.95. The van der Waals surface area contributed by atoms with E-state index in [-0.39, 0.29) is 23.3 Å². The molecule has 2 rings (SSSR count). The van der Waals surface area contributed by atoms with Crippen LogP contribution in [0.15, 0.2) is 4.42 Å². The van der Waals surface area contributed by atoms with Gasteiger partial charge >= 0.3 is 0 Å². The molecule has 1 aliphatic heterocycles. The van der Waals surface area contributed by atoms with Gasteiger partial charge in [0.05, 0.1) is 16.9 Å².